The summed E-state index contributed by atoms with van der Waals surface area (Å²) in [6.45, 7) is 2.96. The summed E-state index contributed by atoms with van der Waals surface area (Å²) in [5.74, 6) is 0.313. The van der Waals surface area contributed by atoms with Crippen molar-refractivity contribution in [3.8, 4) is 5.75 Å². The molecule has 1 heterocycles. The molecule has 0 aliphatic carbocycles. The van der Waals surface area contributed by atoms with Crippen molar-refractivity contribution in [2.45, 2.75) is 19.5 Å². The lowest BCUT2D eigenvalue weighted by molar-refractivity contribution is 0.247. The third-order valence-electron chi connectivity index (χ3n) is 3.34. The normalized spacial score (nSPS) is 12.9. The van der Waals surface area contributed by atoms with Crippen molar-refractivity contribution >= 4 is 0 Å². The molecule has 1 unspecified atom stereocenters. The van der Waals surface area contributed by atoms with Gasteiger partial charge in [-0.25, -0.2) is 4.98 Å². The van der Waals surface area contributed by atoms with E-state index >= 15 is 0 Å². The van der Waals surface area contributed by atoms with Crippen LogP contribution in [0.2, 0.25) is 0 Å². The molecule has 0 aliphatic heterocycles. The minimum Gasteiger partial charge on any atom is -0.508 e. The Balaban J connectivity index is 2.09. The Morgan fingerprint density at radius 1 is 1.44 bits per heavy atom. The van der Waals surface area contributed by atoms with Crippen LogP contribution in [-0.2, 0) is 13.6 Å². The minimum atomic E-state index is 0.243. The first-order chi connectivity index (χ1) is 8.58. The Bertz CT molecular complexity index is 521. The minimum absolute atomic E-state index is 0.243. The molecular formula is C14H19N3O. The van der Waals surface area contributed by atoms with Crippen molar-refractivity contribution in [2.75, 3.05) is 7.05 Å². The summed E-state index contributed by atoms with van der Waals surface area (Å²) in [5.41, 5.74) is 2.28. The van der Waals surface area contributed by atoms with E-state index in [-0.39, 0.29) is 6.04 Å². The van der Waals surface area contributed by atoms with Gasteiger partial charge in [0.15, 0.2) is 0 Å². The molecule has 0 aliphatic rings. The number of aromatic nitrogens is 2. The van der Waals surface area contributed by atoms with Gasteiger partial charge in [-0.15, -0.1) is 0 Å². The smallest absolute Gasteiger partial charge is 0.115 e. The molecule has 2 rings (SSSR count). The van der Waals surface area contributed by atoms with Crippen LogP contribution in [0.3, 0.4) is 0 Å². The van der Waals surface area contributed by atoms with E-state index in [1.54, 1.807) is 6.07 Å². The van der Waals surface area contributed by atoms with Crippen LogP contribution < -0.4 is 0 Å². The third-order valence-corrected chi connectivity index (χ3v) is 3.34. The number of hydrogen-bond donors (Lipinski definition) is 1. The summed E-state index contributed by atoms with van der Waals surface area (Å²) in [6.07, 6.45) is 3.69. The third kappa shape index (κ3) is 2.71. The SMILES string of the molecule is CC(c1cccc(O)c1)N(C)Cc1cncn1C. The van der Waals surface area contributed by atoms with Gasteiger partial charge < -0.3 is 9.67 Å². The van der Waals surface area contributed by atoms with E-state index in [0.717, 1.165) is 12.1 Å². The van der Waals surface area contributed by atoms with Gasteiger partial charge in [-0.05, 0) is 31.7 Å². The molecule has 4 nitrogen and oxygen atoms in total. The first-order valence-corrected chi connectivity index (χ1v) is 6.02. The Kier molecular flexibility index (Phi) is 3.67. The van der Waals surface area contributed by atoms with Gasteiger partial charge in [-0.2, -0.15) is 0 Å². The molecule has 96 valence electrons. The summed E-state index contributed by atoms with van der Waals surface area (Å²) in [5, 5.41) is 9.51. The molecular weight excluding hydrogens is 226 g/mol. The van der Waals surface area contributed by atoms with Gasteiger partial charge in [0.05, 0.1) is 12.0 Å². The van der Waals surface area contributed by atoms with E-state index in [1.807, 2.05) is 42.3 Å². The second-order valence-corrected chi connectivity index (χ2v) is 4.68. The number of aromatic hydroxyl groups is 1. The summed E-state index contributed by atoms with van der Waals surface area (Å²) >= 11 is 0. The van der Waals surface area contributed by atoms with Crippen molar-refractivity contribution in [1.82, 2.24) is 14.5 Å². The molecule has 1 aromatic carbocycles. The molecule has 0 fully saturated rings. The number of phenolic OH excluding ortho intramolecular Hbond substituents is 1. The summed E-state index contributed by atoms with van der Waals surface area (Å²) in [6, 6.07) is 7.65. The van der Waals surface area contributed by atoms with Crippen LogP contribution in [0.25, 0.3) is 0 Å². The number of phenols is 1. The van der Waals surface area contributed by atoms with Gasteiger partial charge in [0, 0.05) is 25.8 Å². The lowest BCUT2D eigenvalue weighted by Gasteiger charge is -2.25. The molecule has 2 aromatic rings. The molecule has 1 N–H and O–H groups in total. The fraction of sp³-hybridized carbons (Fsp3) is 0.357. The molecule has 0 radical (unpaired) electrons. The fourth-order valence-electron chi connectivity index (χ4n) is 1.97. The standard InChI is InChI=1S/C14H19N3O/c1-11(12-5-4-6-14(18)7-12)16(2)9-13-8-15-10-17(13)3/h4-8,10-11,18H,9H2,1-3H3. The summed E-state index contributed by atoms with van der Waals surface area (Å²) in [4.78, 5) is 6.35. The van der Waals surface area contributed by atoms with Gasteiger partial charge in [0.2, 0.25) is 0 Å². The maximum atomic E-state index is 9.51. The molecule has 18 heavy (non-hydrogen) atoms. The number of rotatable bonds is 4. The van der Waals surface area contributed by atoms with Crippen LogP contribution in [0.4, 0.5) is 0 Å². The highest BCUT2D eigenvalue weighted by molar-refractivity contribution is 5.29. The van der Waals surface area contributed by atoms with E-state index in [0.29, 0.717) is 5.75 Å². The van der Waals surface area contributed by atoms with Gasteiger partial charge in [-0.1, -0.05) is 12.1 Å². The number of nitrogens with zero attached hydrogens (tertiary/aromatic N) is 3. The summed E-state index contributed by atoms with van der Waals surface area (Å²) in [7, 11) is 4.07. The van der Waals surface area contributed by atoms with Gasteiger partial charge in [0.1, 0.15) is 5.75 Å². The lowest BCUT2D eigenvalue weighted by atomic mass is 10.1. The molecule has 0 saturated heterocycles. The Hall–Kier alpha value is -1.81. The highest BCUT2D eigenvalue weighted by Gasteiger charge is 2.13. The number of imidazole rings is 1. The van der Waals surface area contributed by atoms with Crippen molar-refractivity contribution in [3.63, 3.8) is 0 Å². The molecule has 0 saturated carbocycles. The van der Waals surface area contributed by atoms with Crippen molar-refractivity contribution in [1.29, 1.82) is 0 Å². The van der Waals surface area contributed by atoms with E-state index < -0.39 is 0 Å². The first-order valence-electron chi connectivity index (χ1n) is 6.02. The van der Waals surface area contributed by atoms with E-state index in [1.165, 1.54) is 5.69 Å². The Morgan fingerprint density at radius 3 is 2.83 bits per heavy atom. The Morgan fingerprint density at radius 2 is 2.22 bits per heavy atom. The van der Waals surface area contributed by atoms with Crippen LogP contribution in [0.1, 0.15) is 24.2 Å². The van der Waals surface area contributed by atoms with Crippen molar-refractivity contribution in [3.05, 3.63) is 48.0 Å². The topological polar surface area (TPSA) is 41.3 Å². The quantitative estimate of drug-likeness (QED) is 0.898. The molecule has 1 aromatic heterocycles. The molecule has 0 amide bonds. The van der Waals surface area contributed by atoms with Crippen LogP contribution in [0, 0.1) is 0 Å². The van der Waals surface area contributed by atoms with E-state index in [4.69, 9.17) is 0 Å². The van der Waals surface area contributed by atoms with Gasteiger partial charge >= 0.3 is 0 Å². The number of benzene rings is 1. The highest BCUT2D eigenvalue weighted by Crippen LogP contribution is 2.23. The molecule has 4 heteroatoms. The zero-order chi connectivity index (χ0) is 13.1. The first kappa shape index (κ1) is 12.6. The van der Waals surface area contributed by atoms with E-state index in [9.17, 15) is 5.11 Å². The lowest BCUT2D eigenvalue weighted by Crippen LogP contribution is -2.23. The van der Waals surface area contributed by atoms with Crippen LogP contribution in [0.15, 0.2) is 36.8 Å². The Labute approximate surface area is 108 Å². The maximum Gasteiger partial charge on any atom is 0.115 e. The van der Waals surface area contributed by atoms with Crippen LogP contribution in [-0.4, -0.2) is 26.6 Å². The number of hydrogen-bond acceptors (Lipinski definition) is 3. The fourth-order valence-corrected chi connectivity index (χ4v) is 1.97. The predicted molar refractivity (Wildman–Crippen MR) is 71.2 cm³/mol. The predicted octanol–water partition coefficient (Wildman–Crippen LogP) is 2.32. The van der Waals surface area contributed by atoms with Gasteiger partial charge in [0.25, 0.3) is 0 Å². The zero-order valence-electron chi connectivity index (χ0n) is 11.0. The number of aryl methyl sites for hydroxylation is 1. The largest absolute Gasteiger partial charge is 0.508 e. The molecule has 0 bridgehead atoms. The van der Waals surface area contributed by atoms with Crippen molar-refractivity contribution < 1.29 is 5.11 Å². The second kappa shape index (κ2) is 5.23. The van der Waals surface area contributed by atoms with Gasteiger partial charge in [-0.3, -0.25) is 4.90 Å². The van der Waals surface area contributed by atoms with Crippen molar-refractivity contribution in [2.24, 2.45) is 7.05 Å². The van der Waals surface area contributed by atoms with E-state index in [2.05, 4.69) is 23.9 Å². The average molecular weight is 245 g/mol. The molecule has 1 atom stereocenters. The maximum absolute atomic E-state index is 9.51. The average Bonchev–Trinajstić information content (AvgIpc) is 2.74. The van der Waals surface area contributed by atoms with Crippen LogP contribution in [0.5, 0.6) is 5.75 Å². The highest BCUT2D eigenvalue weighted by atomic mass is 16.3. The second-order valence-electron chi connectivity index (χ2n) is 4.68. The monoisotopic (exact) mass is 245 g/mol. The molecule has 0 spiro atoms. The zero-order valence-corrected chi connectivity index (χ0v) is 11.0. The summed E-state index contributed by atoms with van der Waals surface area (Å²) < 4.78 is 2.02. The van der Waals surface area contributed by atoms with Crippen LogP contribution >= 0.6 is 0 Å².